The van der Waals surface area contributed by atoms with Gasteiger partial charge < -0.3 is 14.5 Å². The molecule has 0 unspecified atom stereocenters. The molecule has 0 radical (unpaired) electrons. The maximum Gasteiger partial charge on any atom is 0.251 e. The highest BCUT2D eigenvalue weighted by atomic mass is 16.5. The zero-order valence-corrected chi connectivity index (χ0v) is 13.2. The molecule has 0 aliphatic rings. The highest BCUT2D eigenvalue weighted by Crippen LogP contribution is 2.16. The summed E-state index contributed by atoms with van der Waals surface area (Å²) in [6.07, 6.45) is 3.98. The van der Waals surface area contributed by atoms with Gasteiger partial charge in [0.15, 0.2) is 0 Å². The number of aryl methyl sites for hydroxylation is 1. The molecule has 2 heterocycles. The van der Waals surface area contributed by atoms with Gasteiger partial charge in [-0.15, -0.1) is 0 Å². The Morgan fingerprint density at radius 3 is 2.96 bits per heavy atom. The first-order valence-corrected chi connectivity index (χ1v) is 7.61. The molecule has 0 atom stereocenters. The molecule has 0 bridgehead atoms. The number of nitrogens with zero attached hydrogens (tertiary/aromatic N) is 2. The minimum atomic E-state index is -0.0962. The first-order valence-electron chi connectivity index (χ1n) is 7.61. The van der Waals surface area contributed by atoms with Crippen LogP contribution in [0.3, 0.4) is 0 Å². The number of aromatic nitrogens is 2. The van der Waals surface area contributed by atoms with Crippen molar-refractivity contribution in [3.05, 3.63) is 65.6 Å². The van der Waals surface area contributed by atoms with Crippen molar-refractivity contribution in [2.24, 2.45) is 0 Å². The van der Waals surface area contributed by atoms with Crippen molar-refractivity contribution < 1.29 is 9.53 Å². The molecular formula is C18H19N3O2. The van der Waals surface area contributed by atoms with Gasteiger partial charge in [-0.05, 0) is 43.7 Å². The Morgan fingerprint density at radius 1 is 1.26 bits per heavy atom. The third-order valence-electron chi connectivity index (χ3n) is 3.47. The van der Waals surface area contributed by atoms with E-state index in [1.165, 1.54) is 5.56 Å². The molecule has 118 valence electrons. The Bertz CT molecular complexity index is 839. The fraction of sp³-hybridized carbons (Fsp3) is 0.222. The third kappa shape index (κ3) is 3.51. The number of benzene rings is 1. The van der Waals surface area contributed by atoms with Crippen molar-refractivity contribution in [3.8, 4) is 5.75 Å². The lowest BCUT2D eigenvalue weighted by atomic mass is 10.2. The monoisotopic (exact) mass is 309 g/mol. The number of hydrogen-bond donors (Lipinski definition) is 1. The van der Waals surface area contributed by atoms with Crippen LogP contribution in [0, 0.1) is 6.92 Å². The van der Waals surface area contributed by atoms with Gasteiger partial charge in [-0.25, -0.2) is 4.98 Å². The number of carbonyl (C=O) groups is 1. The Balaban J connectivity index is 1.71. The highest BCUT2D eigenvalue weighted by molar-refractivity contribution is 5.94. The summed E-state index contributed by atoms with van der Waals surface area (Å²) < 4.78 is 7.75. The summed E-state index contributed by atoms with van der Waals surface area (Å²) in [5.74, 6) is 0.558. The second-order valence-corrected chi connectivity index (χ2v) is 5.38. The van der Waals surface area contributed by atoms with Crippen molar-refractivity contribution in [2.45, 2.75) is 20.5 Å². The van der Waals surface area contributed by atoms with Crippen LogP contribution in [0.15, 0.2) is 48.8 Å². The van der Waals surface area contributed by atoms with Crippen LogP contribution < -0.4 is 10.1 Å². The summed E-state index contributed by atoms with van der Waals surface area (Å²) in [6.45, 7) is 4.90. The summed E-state index contributed by atoms with van der Waals surface area (Å²) in [5.41, 5.74) is 3.51. The average Bonchev–Trinajstić information content (AvgIpc) is 2.95. The molecule has 0 saturated heterocycles. The summed E-state index contributed by atoms with van der Waals surface area (Å²) in [5, 5.41) is 2.78. The van der Waals surface area contributed by atoms with Crippen molar-refractivity contribution in [1.82, 2.24) is 14.7 Å². The molecule has 0 aliphatic heterocycles. The first kappa shape index (κ1) is 15.1. The van der Waals surface area contributed by atoms with E-state index in [0.29, 0.717) is 24.5 Å². The topological polar surface area (TPSA) is 55.6 Å². The standard InChI is InChI=1S/C18H19N3O2/c1-3-19-18(22)14-5-4-6-16(9-14)23-12-15-11-21-10-13(2)7-8-17(21)20-15/h4-11H,3,12H2,1-2H3,(H,19,22). The minimum absolute atomic E-state index is 0.0962. The number of imidazole rings is 1. The fourth-order valence-electron chi connectivity index (χ4n) is 2.37. The van der Waals surface area contributed by atoms with Crippen LogP contribution in [-0.4, -0.2) is 21.8 Å². The zero-order valence-electron chi connectivity index (χ0n) is 13.2. The summed E-state index contributed by atoms with van der Waals surface area (Å²) >= 11 is 0. The van der Waals surface area contributed by atoms with Gasteiger partial charge in [0.2, 0.25) is 0 Å². The Hall–Kier alpha value is -2.82. The molecule has 5 heteroatoms. The summed E-state index contributed by atoms with van der Waals surface area (Å²) in [4.78, 5) is 16.4. The Morgan fingerprint density at radius 2 is 2.13 bits per heavy atom. The molecule has 1 amide bonds. The molecule has 3 rings (SSSR count). The summed E-state index contributed by atoms with van der Waals surface area (Å²) in [6, 6.07) is 11.2. The van der Waals surface area contributed by atoms with Crippen LogP contribution in [0.2, 0.25) is 0 Å². The smallest absolute Gasteiger partial charge is 0.251 e. The Kier molecular flexibility index (Phi) is 4.28. The van der Waals surface area contributed by atoms with Gasteiger partial charge in [-0.1, -0.05) is 12.1 Å². The van der Waals surface area contributed by atoms with Crippen LogP contribution in [-0.2, 0) is 6.61 Å². The lowest BCUT2D eigenvalue weighted by molar-refractivity contribution is 0.0955. The molecule has 23 heavy (non-hydrogen) atoms. The zero-order chi connectivity index (χ0) is 16.2. The van der Waals surface area contributed by atoms with Gasteiger partial charge in [0.25, 0.3) is 5.91 Å². The van der Waals surface area contributed by atoms with Crippen LogP contribution in [0.25, 0.3) is 5.65 Å². The molecule has 3 aromatic rings. The average molecular weight is 309 g/mol. The molecule has 5 nitrogen and oxygen atoms in total. The number of fused-ring (bicyclic) bond motifs is 1. The van der Waals surface area contributed by atoms with Crippen LogP contribution in [0.5, 0.6) is 5.75 Å². The molecule has 1 N–H and O–H groups in total. The lowest BCUT2D eigenvalue weighted by Crippen LogP contribution is -2.22. The van der Waals surface area contributed by atoms with Crippen molar-refractivity contribution in [1.29, 1.82) is 0 Å². The fourth-order valence-corrected chi connectivity index (χ4v) is 2.37. The third-order valence-corrected chi connectivity index (χ3v) is 3.47. The quantitative estimate of drug-likeness (QED) is 0.788. The maximum atomic E-state index is 11.8. The van der Waals surface area contributed by atoms with Crippen molar-refractivity contribution in [2.75, 3.05) is 6.54 Å². The maximum absolute atomic E-state index is 11.8. The lowest BCUT2D eigenvalue weighted by Gasteiger charge is -2.06. The Labute approximate surface area is 134 Å². The van der Waals surface area contributed by atoms with E-state index in [1.54, 1.807) is 12.1 Å². The number of amides is 1. The number of carbonyl (C=O) groups excluding carboxylic acids is 1. The SMILES string of the molecule is CCNC(=O)c1cccc(OCc2cn3cc(C)ccc3n2)c1. The van der Waals surface area contributed by atoms with Gasteiger partial charge in [-0.2, -0.15) is 0 Å². The molecule has 1 aromatic carbocycles. The second kappa shape index (κ2) is 6.52. The van der Waals surface area contributed by atoms with Gasteiger partial charge in [0.1, 0.15) is 18.0 Å². The van der Waals surface area contributed by atoms with E-state index in [1.807, 2.05) is 54.9 Å². The molecule has 2 aromatic heterocycles. The van der Waals surface area contributed by atoms with Gasteiger partial charge in [0, 0.05) is 24.5 Å². The number of nitrogens with one attached hydrogen (secondary N) is 1. The number of hydrogen-bond acceptors (Lipinski definition) is 3. The number of ether oxygens (including phenoxy) is 1. The van der Waals surface area contributed by atoms with E-state index in [-0.39, 0.29) is 5.91 Å². The van der Waals surface area contributed by atoms with E-state index in [2.05, 4.69) is 10.3 Å². The largest absolute Gasteiger partial charge is 0.487 e. The predicted octanol–water partition coefficient (Wildman–Crippen LogP) is 2.97. The molecule has 0 fully saturated rings. The van der Waals surface area contributed by atoms with E-state index >= 15 is 0 Å². The van der Waals surface area contributed by atoms with E-state index in [0.717, 1.165) is 11.3 Å². The minimum Gasteiger partial charge on any atom is -0.487 e. The van der Waals surface area contributed by atoms with Crippen molar-refractivity contribution in [3.63, 3.8) is 0 Å². The van der Waals surface area contributed by atoms with Gasteiger partial charge in [-0.3, -0.25) is 4.79 Å². The van der Waals surface area contributed by atoms with E-state index in [4.69, 9.17) is 4.74 Å². The van der Waals surface area contributed by atoms with Gasteiger partial charge >= 0.3 is 0 Å². The predicted molar refractivity (Wildman–Crippen MR) is 88.7 cm³/mol. The molecule has 0 aliphatic carbocycles. The normalized spacial score (nSPS) is 10.7. The first-order chi connectivity index (χ1) is 11.2. The van der Waals surface area contributed by atoms with Crippen molar-refractivity contribution >= 4 is 11.6 Å². The number of rotatable bonds is 5. The second-order valence-electron chi connectivity index (χ2n) is 5.38. The van der Waals surface area contributed by atoms with Gasteiger partial charge in [0.05, 0.1) is 5.69 Å². The molecular weight excluding hydrogens is 290 g/mol. The molecule has 0 saturated carbocycles. The summed E-state index contributed by atoms with van der Waals surface area (Å²) in [7, 11) is 0. The van der Waals surface area contributed by atoms with Crippen LogP contribution in [0.4, 0.5) is 0 Å². The molecule has 0 spiro atoms. The van der Waals surface area contributed by atoms with Crippen LogP contribution >= 0.6 is 0 Å². The van der Waals surface area contributed by atoms with E-state index < -0.39 is 0 Å². The number of pyridine rings is 1. The van der Waals surface area contributed by atoms with Crippen LogP contribution in [0.1, 0.15) is 28.5 Å². The van der Waals surface area contributed by atoms with E-state index in [9.17, 15) is 4.79 Å². The highest BCUT2D eigenvalue weighted by Gasteiger charge is 2.07.